The summed E-state index contributed by atoms with van der Waals surface area (Å²) in [7, 11) is 0. The van der Waals surface area contributed by atoms with E-state index in [2.05, 4.69) is 195 Å². The van der Waals surface area contributed by atoms with Crippen molar-refractivity contribution in [2.24, 2.45) is 0 Å². The molecule has 0 bridgehead atoms. The Balaban J connectivity index is 1.17. The molecule has 1 saturated carbocycles. The zero-order valence-electron chi connectivity index (χ0n) is 32.2. The van der Waals surface area contributed by atoms with Crippen molar-refractivity contribution in [3.05, 3.63) is 221 Å². The van der Waals surface area contributed by atoms with Crippen molar-refractivity contribution in [3.8, 4) is 33.4 Å². The van der Waals surface area contributed by atoms with Gasteiger partial charge < -0.3 is 4.90 Å². The van der Waals surface area contributed by atoms with Gasteiger partial charge in [0, 0.05) is 22.4 Å². The van der Waals surface area contributed by atoms with Crippen LogP contribution in [0.2, 0.25) is 0 Å². The molecule has 1 nitrogen and oxygen atoms in total. The molecule has 1 heteroatoms. The Kier molecular flexibility index (Phi) is 7.52. The molecular weight excluding hydrogens is 675 g/mol. The minimum absolute atomic E-state index is 0.0654. The number of hydrogen-bond donors (Lipinski definition) is 0. The summed E-state index contributed by atoms with van der Waals surface area (Å²) in [6.07, 6.45) is 8.83. The third-order valence-electron chi connectivity index (χ3n) is 13.6. The summed E-state index contributed by atoms with van der Waals surface area (Å²) in [5, 5.41) is 0. The Morgan fingerprint density at radius 1 is 0.482 bits per heavy atom. The van der Waals surface area contributed by atoms with E-state index in [-0.39, 0.29) is 5.41 Å². The van der Waals surface area contributed by atoms with E-state index in [1.807, 2.05) is 0 Å². The molecule has 11 rings (SSSR count). The van der Waals surface area contributed by atoms with Gasteiger partial charge in [0.2, 0.25) is 0 Å². The molecule has 2 spiro atoms. The SMILES string of the molecule is CC1=C(/C=C(\C)N(c2ccc3c(c2)C2(CCCCC2)c2ccccc2-3)c2ccccc2-c2ccccc2)C2(c3ccccc31)c1ccccc1-c1ccccc12. The zero-order chi connectivity index (χ0) is 37.4. The van der Waals surface area contributed by atoms with Crippen LogP contribution in [-0.2, 0) is 10.8 Å². The average molecular weight is 720 g/mol. The number of hydrogen-bond acceptors (Lipinski definition) is 1. The minimum Gasteiger partial charge on any atom is -0.314 e. The number of anilines is 2. The smallest absolute Gasteiger partial charge is 0.0722 e. The summed E-state index contributed by atoms with van der Waals surface area (Å²) < 4.78 is 0. The van der Waals surface area contributed by atoms with E-state index >= 15 is 0 Å². The Labute approximate surface area is 331 Å². The fourth-order valence-corrected chi connectivity index (χ4v) is 11.4. The number of para-hydroxylation sites is 1. The summed E-state index contributed by atoms with van der Waals surface area (Å²) in [6.45, 7) is 4.68. The molecule has 0 amide bonds. The lowest BCUT2D eigenvalue weighted by Gasteiger charge is -2.37. The van der Waals surface area contributed by atoms with Gasteiger partial charge in [0.05, 0.1) is 11.1 Å². The second kappa shape index (κ2) is 12.7. The van der Waals surface area contributed by atoms with Crippen molar-refractivity contribution >= 4 is 16.9 Å². The summed E-state index contributed by atoms with van der Waals surface area (Å²) in [5.41, 5.74) is 22.4. The van der Waals surface area contributed by atoms with E-state index < -0.39 is 5.41 Å². The molecule has 1 fully saturated rings. The van der Waals surface area contributed by atoms with Crippen LogP contribution in [0.15, 0.2) is 187 Å². The Hall–Kier alpha value is -6.18. The van der Waals surface area contributed by atoms with Crippen LogP contribution in [-0.4, -0.2) is 0 Å². The molecular formula is C55H45N. The van der Waals surface area contributed by atoms with Crippen LogP contribution in [0, 0.1) is 0 Å². The Morgan fingerprint density at radius 3 is 1.64 bits per heavy atom. The van der Waals surface area contributed by atoms with E-state index in [0.29, 0.717) is 0 Å². The van der Waals surface area contributed by atoms with Crippen molar-refractivity contribution in [1.82, 2.24) is 0 Å². The fraction of sp³-hybridized carbons (Fsp3) is 0.164. The van der Waals surface area contributed by atoms with Gasteiger partial charge in [-0.1, -0.05) is 171 Å². The van der Waals surface area contributed by atoms with Crippen LogP contribution in [0.5, 0.6) is 0 Å². The summed E-state index contributed by atoms with van der Waals surface area (Å²) in [4.78, 5) is 2.56. The van der Waals surface area contributed by atoms with Gasteiger partial charge >= 0.3 is 0 Å². The number of benzene rings is 7. The molecule has 7 aromatic rings. The third kappa shape index (κ3) is 4.55. The molecule has 0 aromatic heterocycles. The molecule has 0 saturated heterocycles. The van der Waals surface area contributed by atoms with Crippen LogP contribution in [0.3, 0.4) is 0 Å². The molecule has 0 radical (unpaired) electrons. The lowest BCUT2D eigenvalue weighted by Crippen LogP contribution is -2.28. The molecule has 4 aliphatic carbocycles. The van der Waals surface area contributed by atoms with Crippen molar-refractivity contribution in [2.45, 2.75) is 56.8 Å². The number of rotatable bonds is 5. The van der Waals surface area contributed by atoms with Gasteiger partial charge in [-0.3, -0.25) is 0 Å². The largest absolute Gasteiger partial charge is 0.314 e. The van der Waals surface area contributed by atoms with E-state index in [4.69, 9.17) is 0 Å². The summed E-state index contributed by atoms with van der Waals surface area (Å²) in [6, 6.07) is 63.9. The first-order chi connectivity index (χ1) is 27.6. The normalized spacial score (nSPS) is 16.7. The van der Waals surface area contributed by atoms with Crippen molar-refractivity contribution < 1.29 is 0 Å². The highest BCUT2D eigenvalue weighted by atomic mass is 15.1. The summed E-state index contributed by atoms with van der Waals surface area (Å²) in [5.74, 6) is 0. The molecule has 0 atom stereocenters. The lowest BCUT2D eigenvalue weighted by molar-refractivity contribution is 0.353. The van der Waals surface area contributed by atoms with Gasteiger partial charge in [0.25, 0.3) is 0 Å². The predicted octanol–water partition coefficient (Wildman–Crippen LogP) is 14.4. The predicted molar refractivity (Wildman–Crippen MR) is 234 cm³/mol. The highest BCUT2D eigenvalue weighted by Gasteiger charge is 2.51. The van der Waals surface area contributed by atoms with Gasteiger partial charge in [0.15, 0.2) is 0 Å². The van der Waals surface area contributed by atoms with Gasteiger partial charge in [0.1, 0.15) is 0 Å². The number of allylic oxidation sites excluding steroid dienone is 4. The Morgan fingerprint density at radius 2 is 0.982 bits per heavy atom. The molecule has 270 valence electrons. The zero-order valence-corrected chi connectivity index (χ0v) is 32.2. The molecule has 4 aliphatic rings. The lowest BCUT2D eigenvalue weighted by atomic mass is 9.68. The summed E-state index contributed by atoms with van der Waals surface area (Å²) >= 11 is 0. The van der Waals surface area contributed by atoms with Gasteiger partial charge in [-0.25, -0.2) is 0 Å². The third-order valence-corrected chi connectivity index (χ3v) is 13.6. The second-order valence-corrected chi connectivity index (χ2v) is 16.3. The first-order valence-electron chi connectivity index (χ1n) is 20.5. The monoisotopic (exact) mass is 719 g/mol. The van der Waals surface area contributed by atoms with E-state index in [0.717, 1.165) is 0 Å². The molecule has 0 heterocycles. The van der Waals surface area contributed by atoms with Crippen LogP contribution < -0.4 is 4.90 Å². The van der Waals surface area contributed by atoms with Crippen LogP contribution in [0.4, 0.5) is 11.4 Å². The standard InChI is InChI=1S/C55H45N/c1-37(35-51-38(2)41-21-7-13-27-48(41)55(51)49-28-14-9-24-44(49)45-25-10-15-29-50(45)55)56(53-30-16-11-22-42(53)39-19-5-3-6-20-39)40-31-32-46-43-23-8-12-26-47(43)54(52(46)36-40)33-17-4-18-34-54/h3,5-16,19-32,35-36H,4,17-18,33-34H2,1-2H3/b37-35+. The van der Waals surface area contributed by atoms with Gasteiger partial charge in [-0.15, -0.1) is 0 Å². The van der Waals surface area contributed by atoms with Crippen molar-refractivity contribution in [1.29, 1.82) is 0 Å². The van der Waals surface area contributed by atoms with E-state index in [1.165, 1.54) is 127 Å². The first-order valence-corrected chi connectivity index (χ1v) is 20.5. The maximum Gasteiger partial charge on any atom is 0.0722 e. The van der Waals surface area contributed by atoms with Crippen molar-refractivity contribution in [2.75, 3.05) is 4.90 Å². The molecule has 0 aliphatic heterocycles. The topological polar surface area (TPSA) is 3.24 Å². The molecule has 0 N–H and O–H groups in total. The number of nitrogens with zero attached hydrogens (tertiary/aromatic N) is 1. The maximum absolute atomic E-state index is 2.57. The quantitative estimate of drug-likeness (QED) is 0.171. The Bertz CT molecular complexity index is 2710. The molecule has 7 aromatic carbocycles. The molecule has 0 unspecified atom stereocenters. The van der Waals surface area contributed by atoms with Crippen LogP contribution in [0.25, 0.3) is 39.0 Å². The maximum atomic E-state index is 2.57. The highest BCUT2D eigenvalue weighted by Crippen LogP contribution is 2.62. The first kappa shape index (κ1) is 33.2. The van der Waals surface area contributed by atoms with E-state index in [1.54, 1.807) is 0 Å². The second-order valence-electron chi connectivity index (χ2n) is 16.3. The minimum atomic E-state index is -0.411. The van der Waals surface area contributed by atoms with Gasteiger partial charge in [-0.05, 0) is 123 Å². The van der Waals surface area contributed by atoms with Crippen LogP contribution >= 0.6 is 0 Å². The van der Waals surface area contributed by atoms with Crippen molar-refractivity contribution in [3.63, 3.8) is 0 Å². The van der Waals surface area contributed by atoms with E-state index in [9.17, 15) is 0 Å². The molecule has 56 heavy (non-hydrogen) atoms. The number of fused-ring (bicyclic) bond motifs is 12. The highest BCUT2D eigenvalue weighted by molar-refractivity contribution is 5.96. The van der Waals surface area contributed by atoms with Crippen LogP contribution in [0.1, 0.15) is 79.3 Å². The fourth-order valence-electron chi connectivity index (χ4n) is 11.4. The average Bonchev–Trinajstić information content (AvgIpc) is 3.80. The van der Waals surface area contributed by atoms with Gasteiger partial charge in [-0.2, -0.15) is 0 Å².